The Balaban J connectivity index is 1.87. The van der Waals surface area contributed by atoms with Crippen LogP contribution in [0.5, 0.6) is 0 Å². The van der Waals surface area contributed by atoms with Gasteiger partial charge in [0.15, 0.2) is 0 Å². The number of ether oxygens (including phenoxy) is 1. The van der Waals surface area contributed by atoms with Gasteiger partial charge in [0.1, 0.15) is 5.82 Å². The number of hydrogen-bond acceptors (Lipinski definition) is 4. The van der Waals surface area contributed by atoms with Gasteiger partial charge in [0.2, 0.25) is 0 Å². The Morgan fingerprint density at radius 1 is 1.37 bits per heavy atom. The fourth-order valence-corrected chi connectivity index (χ4v) is 1.92. The molecule has 0 saturated carbocycles. The van der Waals surface area contributed by atoms with E-state index in [0.717, 1.165) is 37.7 Å². The lowest BCUT2D eigenvalue weighted by Gasteiger charge is -2.05. The van der Waals surface area contributed by atoms with Gasteiger partial charge >= 0.3 is 0 Å². The molecule has 0 aliphatic heterocycles. The van der Waals surface area contributed by atoms with Gasteiger partial charge in [-0.25, -0.2) is 9.97 Å². The van der Waals surface area contributed by atoms with Gasteiger partial charge in [-0.3, -0.25) is 0 Å². The van der Waals surface area contributed by atoms with Gasteiger partial charge in [-0.1, -0.05) is 0 Å². The van der Waals surface area contributed by atoms with Crippen LogP contribution in [0.1, 0.15) is 18.4 Å². The summed E-state index contributed by atoms with van der Waals surface area (Å²) in [6.45, 7) is 6.13. The second-order valence-corrected chi connectivity index (χ2v) is 4.34. The van der Waals surface area contributed by atoms with Crippen LogP contribution < -0.4 is 5.32 Å². The van der Waals surface area contributed by atoms with Crippen molar-refractivity contribution in [2.45, 2.75) is 26.6 Å². The molecule has 6 nitrogen and oxygen atoms in total. The number of rotatable bonds is 8. The molecule has 0 aromatic carbocycles. The normalized spacial score (nSPS) is 11.1. The lowest BCUT2D eigenvalue weighted by molar-refractivity contribution is 0.199. The van der Waals surface area contributed by atoms with E-state index in [-0.39, 0.29) is 0 Å². The molecule has 0 saturated heterocycles. The Labute approximate surface area is 113 Å². The van der Waals surface area contributed by atoms with E-state index in [2.05, 4.69) is 37.5 Å². The van der Waals surface area contributed by atoms with Crippen molar-refractivity contribution >= 4 is 0 Å². The first-order valence-corrected chi connectivity index (χ1v) is 6.53. The average molecular weight is 263 g/mol. The van der Waals surface area contributed by atoms with Gasteiger partial charge in [0, 0.05) is 45.3 Å². The monoisotopic (exact) mass is 263 g/mol. The molecule has 2 rings (SSSR count). The minimum absolute atomic E-state index is 0.717. The predicted octanol–water partition coefficient (Wildman–Crippen LogP) is 0.884. The number of nitrogens with zero attached hydrogens (tertiary/aromatic N) is 4. The van der Waals surface area contributed by atoms with Gasteiger partial charge in [-0.2, -0.15) is 0 Å². The highest BCUT2D eigenvalue weighted by atomic mass is 16.5. The first-order chi connectivity index (χ1) is 9.33. The molecule has 0 radical (unpaired) electrons. The van der Waals surface area contributed by atoms with E-state index >= 15 is 0 Å². The Morgan fingerprint density at radius 3 is 3.05 bits per heavy atom. The maximum Gasteiger partial charge on any atom is 0.128 e. The number of imidazole rings is 2. The summed E-state index contributed by atoms with van der Waals surface area (Å²) in [5.41, 5.74) is 1.03. The Hall–Kier alpha value is -1.66. The van der Waals surface area contributed by atoms with E-state index in [1.165, 1.54) is 0 Å². The summed E-state index contributed by atoms with van der Waals surface area (Å²) in [7, 11) is 1.70. The van der Waals surface area contributed by atoms with Crippen molar-refractivity contribution in [2.75, 3.05) is 20.3 Å². The zero-order valence-corrected chi connectivity index (χ0v) is 11.5. The topological polar surface area (TPSA) is 56.9 Å². The molecule has 104 valence electrons. The second-order valence-electron chi connectivity index (χ2n) is 4.34. The molecule has 2 aromatic rings. The third-order valence-corrected chi connectivity index (χ3v) is 2.94. The van der Waals surface area contributed by atoms with Gasteiger partial charge in [-0.05, 0) is 6.92 Å². The number of hydrogen-bond donors (Lipinski definition) is 1. The summed E-state index contributed by atoms with van der Waals surface area (Å²) in [6.07, 6.45) is 7.74. The second kappa shape index (κ2) is 7.06. The minimum atomic E-state index is 0.717. The highest BCUT2D eigenvalue weighted by Crippen LogP contribution is 2.03. The van der Waals surface area contributed by atoms with Crippen molar-refractivity contribution in [3.05, 3.63) is 36.4 Å². The molecule has 1 N–H and O–H groups in total. The largest absolute Gasteiger partial charge is 0.383 e. The lowest BCUT2D eigenvalue weighted by atomic mass is 10.4. The predicted molar refractivity (Wildman–Crippen MR) is 72.8 cm³/mol. The number of aromatic nitrogens is 4. The maximum absolute atomic E-state index is 4.98. The molecule has 0 fully saturated rings. The lowest BCUT2D eigenvalue weighted by Crippen LogP contribution is -2.18. The third-order valence-electron chi connectivity index (χ3n) is 2.94. The fourth-order valence-electron chi connectivity index (χ4n) is 1.92. The van der Waals surface area contributed by atoms with Crippen LogP contribution >= 0.6 is 0 Å². The highest BCUT2D eigenvalue weighted by molar-refractivity contribution is 5.00. The van der Waals surface area contributed by atoms with Gasteiger partial charge in [-0.15, -0.1) is 0 Å². The van der Waals surface area contributed by atoms with Crippen molar-refractivity contribution in [3.63, 3.8) is 0 Å². The van der Waals surface area contributed by atoms with Crippen molar-refractivity contribution in [1.29, 1.82) is 0 Å². The molecule has 0 spiro atoms. The number of methoxy groups -OCH3 is 1. The van der Waals surface area contributed by atoms with Crippen LogP contribution in [0.3, 0.4) is 0 Å². The quantitative estimate of drug-likeness (QED) is 0.718. The highest BCUT2D eigenvalue weighted by Gasteiger charge is 2.03. The van der Waals surface area contributed by atoms with E-state index in [1.807, 2.05) is 18.7 Å². The van der Waals surface area contributed by atoms with Gasteiger partial charge < -0.3 is 19.2 Å². The van der Waals surface area contributed by atoms with Crippen LogP contribution in [0.25, 0.3) is 0 Å². The fraction of sp³-hybridized carbons (Fsp3) is 0.538. The van der Waals surface area contributed by atoms with E-state index in [1.54, 1.807) is 7.11 Å². The first kappa shape index (κ1) is 13.8. The zero-order chi connectivity index (χ0) is 13.5. The summed E-state index contributed by atoms with van der Waals surface area (Å²) >= 11 is 0. The summed E-state index contributed by atoms with van der Waals surface area (Å²) in [5.74, 6) is 1.05. The first-order valence-electron chi connectivity index (χ1n) is 6.53. The molecule has 0 bridgehead atoms. The molecule has 0 amide bonds. The Kier molecular flexibility index (Phi) is 5.11. The summed E-state index contributed by atoms with van der Waals surface area (Å²) in [4.78, 5) is 8.73. The molecule has 19 heavy (non-hydrogen) atoms. The van der Waals surface area contributed by atoms with E-state index in [0.29, 0.717) is 6.61 Å². The number of nitrogens with one attached hydrogen (secondary N) is 1. The van der Waals surface area contributed by atoms with Gasteiger partial charge in [0.25, 0.3) is 0 Å². The molecular weight excluding hydrogens is 242 g/mol. The minimum Gasteiger partial charge on any atom is -0.383 e. The van der Waals surface area contributed by atoms with Crippen molar-refractivity contribution in [1.82, 2.24) is 24.4 Å². The van der Waals surface area contributed by atoms with Crippen LogP contribution in [-0.4, -0.2) is 39.4 Å². The molecule has 0 unspecified atom stereocenters. The van der Waals surface area contributed by atoms with E-state index in [4.69, 9.17) is 4.74 Å². The molecule has 0 atom stereocenters. The Bertz CT molecular complexity index is 491. The van der Waals surface area contributed by atoms with E-state index < -0.39 is 0 Å². The molecule has 6 heteroatoms. The van der Waals surface area contributed by atoms with E-state index in [9.17, 15) is 0 Å². The molecule has 2 heterocycles. The third kappa shape index (κ3) is 3.90. The van der Waals surface area contributed by atoms with Crippen LogP contribution in [0.15, 0.2) is 24.9 Å². The van der Waals surface area contributed by atoms with Crippen LogP contribution in [0.2, 0.25) is 0 Å². The summed E-state index contributed by atoms with van der Waals surface area (Å²) in [5, 5.41) is 3.28. The van der Waals surface area contributed by atoms with Crippen LogP contribution in [-0.2, 0) is 24.4 Å². The van der Waals surface area contributed by atoms with Crippen molar-refractivity contribution < 1.29 is 4.74 Å². The molecular formula is C13H21N5O. The average Bonchev–Trinajstić information content (AvgIpc) is 3.04. The van der Waals surface area contributed by atoms with Crippen LogP contribution in [0.4, 0.5) is 0 Å². The van der Waals surface area contributed by atoms with Crippen LogP contribution in [0, 0.1) is 0 Å². The Morgan fingerprint density at radius 2 is 2.26 bits per heavy atom. The van der Waals surface area contributed by atoms with Gasteiger partial charge in [0.05, 0.1) is 25.2 Å². The summed E-state index contributed by atoms with van der Waals surface area (Å²) in [6, 6.07) is 0. The van der Waals surface area contributed by atoms with Crippen molar-refractivity contribution in [2.24, 2.45) is 0 Å². The zero-order valence-electron chi connectivity index (χ0n) is 11.5. The van der Waals surface area contributed by atoms with Crippen molar-refractivity contribution in [3.8, 4) is 0 Å². The maximum atomic E-state index is 4.98. The number of aryl methyl sites for hydroxylation is 1. The SMILES string of the molecule is CCn1ccnc1Cn1cnc(CNCCOC)c1. The smallest absolute Gasteiger partial charge is 0.128 e. The molecule has 0 aliphatic rings. The molecule has 2 aromatic heterocycles. The summed E-state index contributed by atoms with van der Waals surface area (Å²) < 4.78 is 9.17. The standard InChI is InChI=1S/C13H21N5O/c1-3-18-6-4-15-13(18)10-17-9-12(16-11-17)8-14-5-7-19-2/h4,6,9,11,14H,3,5,7-8,10H2,1-2H3. The molecule has 0 aliphatic carbocycles.